The number of nitrogens with zero attached hydrogens (tertiary/aromatic N) is 2. The van der Waals surface area contributed by atoms with E-state index in [1.165, 1.54) is 0 Å². The number of benzene rings is 1. The van der Waals surface area contributed by atoms with E-state index < -0.39 is 0 Å². The van der Waals surface area contributed by atoms with Crippen molar-refractivity contribution in [1.82, 2.24) is 4.98 Å². The average molecular weight is 355 g/mol. The Kier molecular flexibility index (Phi) is 4.07. The molecule has 0 saturated carbocycles. The standard InChI is InChI=1S/C19H21N3O2S/c1-11(2)16-10-25-19(21-16)14-9-17(23)20-15-8-12(5-6-13(14)15)22-7-3-4-18(22)24/h5-6,8,10-11,14H,3-4,7,9H2,1-2H3,(H,20,23)/t14-/m0/s1. The van der Waals surface area contributed by atoms with Crippen LogP contribution in [-0.4, -0.2) is 23.3 Å². The molecule has 25 heavy (non-hydrogen) atoms. The molecule has 1 N–H and O–H groups in total. The predicted molar refractivity (Wildman–Crippen MR) is 99.3 cm³/mol. The summed E-state index contributed by atoms with van der Waals surface area (Å²) >= 11 is 1.62. The van der Waals surface area contributed by atoms with Gasteiger partial charge in [-0.25, -0.2) is 4.98 Å². The van der Waals surface area contributed by atoms with Crippen LogP contribution in [0.5, 0.6) is 0 Å². The highest BCUT2D eigenvalue weighted by Gasteiger charge is 2.30. The van der Waals surface area contributed by atoms with Crippen LogP contribution >= 0.6 is 11.3 Å². The number of aromatic nitrogens is 1. The van der Waals surface area contributed by atoms with Crippen molar-refractivity contribution >= 4 is 34.5 Å². The van der Waals surface area contributed by atoms with Crippen LogP contribution in [0.4, 0.5) is 11.4 Å². The van der Waals surface area contributed by atoms with Gasteiger partial charge in [-0.1, -0.05) is 19.9 Å². The molecule has 2 aromatic rings. The van der Waals surface area contributed by atoms with E-state index in [1.54, 1.807) is 16.2 Å². The first-order chi connectivity index (χ1) is 12.0. The molecule has 0 radical (unpaired) electrons. The van der Waals surface area contributed by atoms with E-state index >= 15 is 0 Å². The maximum absolute atomic E-state index is 12.2. The van der Waals surface area contributed by atoms with Gasteiger partial charge in [-0.3, -0.25) is 9.59 Å². The second kappa shape index (κ2) is 6.26. The lowest BCUT2D eigenvalue weighted by Gasteiger charge is -2.26. The van der Waals surface area contributed by atoms with Crippen molar-refractivity contribution < 1.29 is 9.59 Å². The maximum Gasteiger partial charge on any atom is 0.227 e. The fraction of sp³-hybridized carbons (Fsp3) is 0.421. The Labute approximate surface area is 151 Å². The molecule has 1 fully saturated rings. The lowest BCUT2D eigenvalue weighted by atomic mass is 9.90. The summed E-state index contributed by atoms with van der Waals surface area (Å²) in [5, 5.41) is 6.05. The van der Waals surface area contributed by atoms with E-state index in [-0.39, 0.29) is 17.7 Å². The molecule has 2 amide bonds. The molecule has 2 aliphatic heterocycles. The van der Waals surface area contributed by atoms with Gasteiger partial charge in [0.1, 0.15) is 5.01 Å². The maximum atomic E-state index is 12.2. The lowest BCUT2D eigenvalue weighted by molar-refractivity contribution is -0.117. The van der Waals surface area contributed by atoms with E-state index in [0.29, 0.717) is 18.8 Å². The van der Waals surface area contributed by atoms with Crippen LogP contribution in [0.25, 0.3) is 0 Å². The van der Waals surface area contributed by atoms with E-state index in [1.807, 2.05) is 18.2 Å². The number of amides is 2. The lowest BCUT2D eigenvalue weighted by Crippen LogP contribution is -2.26. The molecule has 1 atom stereocenters. The Hall–Kier alpha value is -2.21. The van der Waals surface area contributed by atoms with Crippen molar-refractivity contribution in [2.24, 2.45) is 0 Å². The van der Waals surface area contributed by atoms with Crippen LogP contribution in [0.3, 0.4) is 0 Å². The summed E-state index contributed by atoms with van der Waals surface area (Å²) < 4.78 is 0. The summed E-state index contributed by atoms with van der Waals surface area (Å²) in [5.74, 6) is 0.527. The highest BCUT2D eigenvalue weighted by molar-refractivity contribution is 7.09. The van der Waals surface area contributed by atoms with Crippen molar-refractivity contribution in [1.29, 1.82) is 0 Å². The smallest absolute Gasteiger partial charge is 0.227 e. The number of rotatable bonds is 3. The Morgan fingerprint density at radius 3 is 2.84 bits per heavy atom. The van der Waals surface area contributed by atoms with Crippen LogP contribution in [-0.2, 0) is 9.59 Å². The first-order valence-electron chi connectivity index (χ1n) is 8.72. The molecule has 4 rings (SSSR count). The fourth-order valence-electron chi connectivity index (χ4n) is 3.49. The summed E-state index contributed by atoms with van der Waals surface area (Å²) in [6.45, 7) is 5.00. The van der Waals surface area contributed by atoms with E-state index in [4.69, 9.17) is 4.98 Å². The van der Waals surface area contributed by atoms with Crippen LogP contribution in [0.2, 0.25) is 0 Å². The number of thiazole rings is 1. The molecule has 0 spiro atoms. The Bertz CT molecular complexity index is 843. The number of nitrogens with one attached hydrogen (secondary N) is 1. The largest absolute Gasteiger partial charge is 0.326 e. The molecule has 2 aliphatic rings. The van der Waals surface area contributed by atoms with Gasteiger partial charge in [-0.15, -0.1) is 11.3 Å². The van der Waals surface area contributed by atoms with Crippen molar-refractivity contribution in [3.05, 3.63) is 39.8 Å². The molecule has 1 aromatic carbocycles. The van der Waals surface area contributed by atoms with Gasteiger partial charge in [-0.05, 0) is 30.0 Å². The monoisotopic (exact) mass is 355 g/mol. The number of anilines is 2. The number of carbonyl (C=O) groups excluding carboxylic acids is 2. The number of hydrogen-bond donors (Lipinski definition) is 1. The molecular weight excluding hydrogens is 334 g/mol. The molecular formula is C19H21N3O2S. The summed E-state index contributed by atoms with van der Waals surface area (Å²) in [4.78, 5) is 30.8. The molecule has 1 aromatic heterocycles. The first-order valence-corrected chi connectivity index (χ1v) is 9.60. The Morgan fingerprint density at radius 1 is 1.32 bits per heavy atom. The van der Waals surface area contributed by atoms with E-state index in [2.05, 4.69) is 24.5 Å². The SMILES string of the molecule is CC(C)c1csc([C@H]2CC(=O)Nc3cc(N4CCCC4=O)ccc32)n1. The minimum atomic E-state index is -0.00965. The van der Waals surface area contributed by atoms with Crippen LogP contribution in [0, 0.1) is 0 Å². The zero-order valence-electron chi connectivity index (χ0n) is 14.4. The third-order valence-corrected chi connectivity index (χ3v) is 5.87. The molecule has 0 bridgehead atoms. The zero-order valence-corrected chi connectivity index (χ0v) is 15.2. The van der Waals surface area contributed by atoms with Gasteiger partial charge < -0.3 is 10.2 Å². The van der Waals surface area contributed by atoms with Gasteiger partial charge in [0.15, 0.2) is 0 Å². The van der Waals surface area contributed by atoms with Crippen molar-refractivity contribution in [3.8, 4) is 0 Å². The molecule has 0 unspecified atom stereocenters. The third-order valence-electron chi connectivity index (χ3n) is 4.89. The summed E-state index contributed by atoms with van der Waals surface area (Å²) in [5.41, 5.74) is 3.83. The molecule has 1 saturated heterocycles. The normalized spacial score (nSPS) is 20.1. The van der Waals surface area contributed by atoms with Gasteiger partial charge in [0.2, 0.25) is 11.8 Å². The van der Waals surface area contributed by atoms with Gasteiger partial charge in [0.25, 0.3) is 0 Å². The number of hydrogen-bond acceptors (Lipinski definition) is 4. The van der Waals surface area contributed by atoms with Gasteiger partial charge in [0.05, 0.1) is 5.69 Å². The van der Waals surface area contributed by atoms with Crippen LogP contribution in [0.1, 0.15) is 61.2 Å². The van der Waals surface area contributed by atoms with E-state index in [9.17, 15) is 9.59 Å². The highest BCUT2D eigenvalue weighted by atomic mass is 32.1. The van der Waals surface area contributed by atoms with Crippen LogP contribution < -0.4 is 10.2 Å². The second-order valence-electron chi connectivity index (χ2n) is 6.99. The molecule has 3 heterocycles. The quantitative estimate of drug-likeness (QED) is 0.909. The summed E-state index contributed by atoms with van der Waals surface area (Å²) in [7, 11) is 0. The van der Waals surface area contributed by atoms with Gasteiger partial charge in [0, 0.05) is 42.1 Å². The number of fused-ring (bicyclic) bond motifs is 1. The summed E-state index contributed by atoms with van der Waals surface area (Å²) in [6, 6.07) is 5.96. The average Bonchev–Trinajstić information content (AvgIpc) is 3.22. The van der Waals surface area contributed by atoms with Gasteiger partial charge >= 0.3 is 0 Å². The molecule has 5 nitrogen and oxygen atoms in total. The van der Waals surface area contributed by atoms with Gasteiger partial charge in [-0.2, -0.15) is 0 Å². The minimum absolute atomic E-state index is 0.00342. The Morgan fingerprint density at radius 2 is 2.16 bits per heavy atom. The second-order valence-corrected chi connectivity index (χ2v) is 7.88. The van der Waals surface area contributed by atoms with Crippen molar-refractivity contribution in [2.75, 3.05) is 16.8 Å². The fourth-order valence-corrected chi connectivity index (χ4v) is 4.59. The highest BCUT2D eigenvalue weighted by Crippen LogP contribution is 2.40. The molecule has 0 aliphatic carbocycles. The van der Waals surface area contributed by atoms with Crippen LogP contribution in [0.15, 0.2) is 23.6 Å². The molecule has 6 heteroatoms. The zero-order chi connectivity index (χ0) is 17.6. The minimum Gasteiger partial charge on any atom is -0.326 e. The third kappa shape index (κ3) is 2.95. The predicted octanol–water partition coefficient (Wildman–Crippen LogP) is 3.87. The number of carbonyl (C=O) groups is 2. The Balaban J connectivity index is 1.70. The molecule has 130 valence electrons. The topological polar surface area (TPSA) is 62.3 Å². The summed E-state index contributed by atoms with van der Waals surface area (Å²) in [6.07, 6.45) is 1.91. The van der Waals surface area contributed by atoms with Crippen molar-refractivity contribution in [3.63, 3.8) is 0 Å². The first kappa shape index (κ1) is 16.3. The van der Waals surface area contributed by atoms with E-state index in [0.717, 1.165) is 40.6 Å². The van der Waals surface area contributed by atoms with Crippen molar-refractivity contribution in [2.45, 2.75) is 44.9 Å².